The Kier molecular flexibility index (Phi) is 6.68. The molecular weight excluding hydrogens is 560 g/mol. The highest BCUT2D eigenvalue weighted by Gasteiger charge is 2.20. The number of fused-ring (bicyclic) bond motifs is 3. The van der Waals surface area contributed by atoms with Crippen LogP contribution in [0.5, 0.6) is 0 Å². The van der Waals surface area contributed by atoms with Crippen LogP contribution in [0.1, 0.15) is 28.7 Å². The molecule has 0 saturated heterocycles. The Balaban J connectivity index is 1.50. The molecule has 4 nitrogen and oxygen atoms in total. The molecule has 1 aliphatic rings. The van der Waals surface area contributed by atoms with Crippen molar-refractivity contribution in [1.82, 2.24) is 9.97 Å². The molecule has 1 heterocycles. The Bertz CT molecular complexity index is 2460. The first-order chi connectivity index (χ1) is 22.7. The molecule has 0 spiro atoms. The minimum atomic E-state index is 0.445. The van der Waals surface area contributed by atoms with E-state index in [1.807, 2.05) is 48.5 Å². The first-order valence-electron chi connectivity index (χ1n) is 15.3. The van der Waals surface area contributed by atoms with Gasteiger partial charge in [-0.15, -0.1) is 0 Å². The maximum atomic E-state index is 10.2. The van der Waals surface area contributed by atoms with E-state index in [0.29, 0.717) is 28.2 Å². The summed E-state index contributed by atoms with van der Waals surface area (Å²) in [6.07, 6.45) is 6.55. The molecule has 1 aliphatic carbocycles. The summed E-state index contributed by atoms with van der Waals surface area (Å²) in [5.74, 6) is 0.445. The maximum absolute atomic E-state index is 10.2. The minimum Gasteiger partial charge on any atom is -0.227 e. The average molecular weight is 587 g/mol. The van der Waals surface area contributed by atoms with Crippen molar-refractivity contribution in [3.63, 3.8) is 0 Å². The van der Waals surface area contributed by atoms with Crippen LogP contribution >= 0.6 is 0 Å². The van der Waals surface area contributed by atoms with Gasteiger partial charge in [-0.2, -0.15) is 10.5 Å². The molecule has 7 aromatic rings. The SMILES string of the molecule is N#Cc1ccccc1-c1nc(-c2ccccc2C#N)c2cc(-c3ccc4c(c3)C=CCC4)cc(-c3ccc4ccccc4c3)c2n1. The number of hydrogen-bond donors (Lipinski definition) is 0. The van der Waals surface area contributed by atoms with E-state index in [0.717, 1.165) is 62.3 Å². The van der Waals surface area contributed by atoms with Crippen LogP contribution in [0.25, 0.3) is 72.7 Å². The molecule has 0 radical (unpaired) electrons. The lowest BCUT2D eigenvalue weighted by molar-refractivity contribution is 0.986. The van der Waals surface area contributed by atoms with E-state index >= 15 is 0 Å². The molecule has 4 heteroatoms. The van der Waals surface area contributed by atoms with Gasteiger partial charge in [0, 0.05) is 22.1 Å². The molecule has 0 atom stereocenters. The fourth-order valence-electron chi connectivity index (χ4n) is 6.47. The lowest BCUT2D eigenvalue weighted by Gasteiger charge is -2.17. The van der Waals surface area contributed by atoms with Crippen molar-refractivity contribution in [1.29, 1.82) is 10.5 Å². The number of aromatic nitrogens is 2. The van der Waals surface area contributed by atoms with Crippen LogP contribution in [-0.4, -0.2) is 9.97 Å². The topological polar surface area (TPSA) is 73.4 Å². The summed E-state index contributed by atoms with van der Waals surface area (Å²) in [6.45, 7) is 0. The third kappa shape index (κ3) is 4.70. The van der Waals surface area contributed by atoms with Crippen LogP contribution in [0.3, 0.4) is 0 Å². The zero-order valence-corrected chi connectivity index (χ0v) is 24.9. The molecule has 0 amide bonds. The molecule has 6 aromatic carbocycles. The summed E-state index contributed by atoms with van der Waals surface area (Å²) in [5, 5.41) is 23.3. The largest absolute Gasteiger partial charge is 0.227 e. The molecule has 0 aliphatic heterocycles. The van der Waals surface area contributed by atoms with E-state index in [-0.39, 0.29) is 0 Å². The van der Waals surface area contributed by atoms with E-state index in [1.54, 1.807) is 6.07 Å². The predicted molar refractivity (Wildman–Crippen MR) is 186 cm³/mol. The Morgan fingerprint density at radius 3 is 2.11 bits per heavy atom. The fraction of sp³-hybridized carbons (Fsp3) is 0.0476. The molecule has 46 heavy (non-hydrogen) atoms. The predicted octanol–water partition coefficient (Wildman–Crippen LogP) is 10.2. The van der Waals surface area contributed by atoms with E-state index in [1.165, 1.54) is 11.1 Å². The normalized spacial score (nSPS) is 12.0. The van der Waals surface area contributed by atoms with Crippen LogP contribution in [0, 0.1) is 22.7 Å². The number of allylic oxidation sites excluding steroid dienone is 1. The third-order valence-corrected chi connectivity index (χ3v) is 8.81. The van der Waals surface area contributed by atoms with Gasteiger partial charge in [0.2, 0.25) is 0 Å². The smallest absolute Gasteiger partial charge is 0.161 e. The summed E-state index contributed by atoms with van der Waals surface area (Å²) in [7, 11) is 0. The van der Waals surface area contributed by atoms with E-state index in [2.05, 4.69) is 91.0 Å². The number of nitriles is 2. The van der Waals surface area contributed by atoms with Gasteiger partial charge < -0.3 is 0 Å². The highest BCUT2D eigenvalue weighted by atomic mass is 14.9. The third-order valence-electron chi connectivity index (χ3n) is 8.81. The first kappa shape index (κ1) is 27.2. The average Bonchev–Trinajstić information content (AvgIpc) is 3.13. The highest BCUT2D eigenvalue weighted by molar-refractivity contribution is 6.06. The summed E-state index contributed by atoms with van der Waals surface area (Å²) in [4.78, 5) is 10.3. The molecule has 0 bridgehead atoms. The van der Waals surface area contributed by atoms with Gasteiger partial charge in [-0.1, -0.05) is 91.0 Å². The summed E-state index contributed by atoms with van der Waals surface area (Å²) >= 11 is 0. The Labute approximate surface area is 267 Å². The minimum absolute atomic E-state index is 0.445. The first-order valence-corrected chi connectivity index (χ1v) is 15.3. The van der Waals surface area contributed by atoms with Gasteiger partial charge in [-0.3, -0.25) is 0 Å². The Morgan fingerprint density at radius 2 is 1.28 bits per heavy atom. The van der Waals surface area contributed by atoms with Crippen LogP contribution in [0.4, 0.5) is 0 Å². The van der Waals surface area contributed by atoms with Crippen molar-refractivity contribution in [2.45, 2.75) is 12.8 Å². The van der Waals surface area contributed by atoms with Crippen LogP contribution in [0.2, 0.25) is 0 Å². The van der Waals surface area contributed by atoms with Gasteiger partial charge in [0.05, 0.1) is 34.5 Å². The van der Waals surface area contributed by atoms with Crippen molar-refractivity contribution in [2.75, 3.05) is 0 Å². The number of rotatable bonds is 4. The van der Waals surface area contributed by atoms with Crippen molar-refractivity contribution >= 4 is 27.8 Å². The van der Waals surface area contributed by atoms with Gasteiger partial charge in [0.15, 0.2) is 5.82 Å². The second-order valence-electron chi connectivity index (χ2n) is 11.5. The fourth-order valence-corrected chi connectivity index (χ4v) is 6.47. The van der Waals surface area contributed by atoms with Gasteiger partial charge >= 0.3 is 0 Å². The molecule has 214 valence electrons. The number of aryl methyl sites for hydroxylation is 1. The molecule has 0 N–H and O–H groups in total. The summed E-state index contributed by atoms with van der Waals surface area (Å²) in [6, 6.07) is 45.5. The highest BCUT2D eigenvalue weighted by Crippen LogP contribution is 2.40. The second kappa shape index (κ2) is 11.3. The molecular formula is C42H26N4. The Hall–Kier alpha value is -6.36. The lowest BCUT2D eigenvalue weighted by Crippen LogP contribution is -2.00. The molecule has 0 saturated carbocycles. The zero-order chi connectivity index (χ0) is 31.0. The molecule has 0 fully saturated rings. The lowest BCUT2D eigenvalue weighted by atomic mass is 9.89. The Morgan fingerprint density at radius 1 is 0.565 bits per heavy atom. The zero-order valence-electron chi connectivity index (χ0n) is 24.9. The summed E-state index contributed by atoms with van der Waals surface area (Å²) < 4.78 is 0. The number of nitrogens with zero attached hydrogens (tertiary/aromatic N) is 4. The van der Waals surface area contributed by atoms with E-state index in [9.17, 15) is 10.5 Å². The maximum Gasteiger partial charge on any atom is 0.161 e. The van der Waals surface area contributed by atoms with Gasteiger partial charge in [0.25, 0.3) is 0 Å². The van der Waals surface area contributed by atoms with Gasteiger partial charge in [0.1, 0.15) is 0 Å². The van der Waals surface area contributed by atoms with Crippen LogP contribution in [0.15, 0.2) is 127 Å². The quantitative estimate of drug-likeness (QED) is 0.206. The van der Waals surface area contributed by atoms with E-state index < -0.39 is 0 Å². The summed E-state index contributed by atoms with van der Waals surface area (Å²) in [5.41, 5.74) is 10.5. The monoisotopic (exact) mass is 586 g/mol. The van der Waals surface area contributed by atoms with Crippen molar-refractivity contribution < 1.29 is 0 Å². The molecule has 8 rings (SSSR count). The second-order valence-corrected chi connectivity index (χ2v) is 11.5. The number of hydrogen-bond acceptors (Lipinski definition) is 4. The molecule has 1 aromatic heterocycles. The van der Waals surface area contributed by atoms with Crippen molar-refractivity contribution in [3.8, 4) is 57.0 Å². The standard InChI is InChI=1S/C42H26N4/c43-25-33-13-5-7-15-36(33)40-39-24-35(31-19-17-27-9-1-3-11-29(27)21-31)23-38(32-20-18-28-10-2-4-12-30(28)22-32)41(39)46-42(45-40)37-16-8-6-14-34(37)26-44/h2-8,10-24H,1,9H2. The number of benzene rings is 6. The van der Waals surface area contributed by atoms with Crippen molar-refractivity contribution in [3.05, 3.63) is 150 Å². The van der Waals surface area contributed by atoms with Gasteiger partial charge in [-0.25, -0.2) is 9.97 Å². The van der Waals surface area contributed by atoms with Crippen LogP contribution in [-0.2, 0) is 6.42 Å². The van der Waals surface area contributed by atoms with E-state index in [4.69, 9.17) is 9.97 Å². The molecule has 0 unspecified atom stereocenters. The van der Waals surface area contributed by atoms with Gasteiger partial charge in [-0.05, 0) is 93.9 Å². The van der Waals surface area contributed by atoms with Crippen LogP contribution < -0.4 is 0 Å². The van der Waals surface area contributed by atoms with Crippen molar-refractivity contribution in [2.24, 2.45) is 0 Å².